The maximum Gasteiger partial charge on any atom is 0.137 e. The number of rotatable bonds is 5. The molecule has 0 bridgehead atoms. The average Bonchev–Trinajstić information content (AvgIpc) is 3.16. The molecule has 2 rings (SSSR count). The summed E-state index contributed by atoms with van der Waals surface area (Å²) in [5, 5.41) is 3.17. The Bertz CT molecular complexity index is 399. The quantitative estimate of drug-likeness (QED) is 0.849. The van der Waals surface area contributed by atoms with Crippen molar-refractivity contribution in [3.63, 3.8) is 0 Å². The molecule has 0 aromatic carbocycles. The molecule has 0 saturated heterocycles. The van der Waals surface area contributed by atoms with E-state index in [4.69, 9.17) is 4.98 Å². The molecular weight excluding hydrogens is 212 g/mol. The Kier molecular flexibility index (Phi) is 3.50. The lowest BCUT2D eigenvalue weighted by molar-refractivity contribution is 0.786. The lowest BCUT2D eigenvalue weighted by Gasteiger charge is -2.24. The Morgan fingerprint density at radius 1 is 1.29 bits per heavy atom. The Balaban J connectivity index is 2.42. The molecule has 4 heteroatoms. The first-order valence-corrected chi connectivity index (χ1v) is 6.53. The first kappa shape index (κ1) is 12.1. The minimum Gasteiger partial charge on any atom is -0.373 e. The molecule has 1 aromatic heterocycles. The van der Waals surface area contributed by atoms with Gasteiger partial charge in [0.15, 0.2) is 0 Å². The smallest absolute Gasteiger partial charge is 0.137 e. The normalized spacial score (nSPS) is 14.8. The van der Waals surface area contributed by atoms with E-state index in [1.807, 2.05) is 7.05 Å². The first-order valence-electron chi connectivity index (χ1n) is 6.53. The van der Waals surface area contributed by atoms with E-state index in [2.05, 4.69) is 36.0 Å². The molecular formula is C13H22N4. The maximum absolute atomic E-state index is 4.71. The van der Waals surface area contributed by atoms with E-state index in [0.29, 0.717) is 6.04 Å². The molecule has 0 unspecified atom stereocenters. The van der Waals surface area contributed by atoms with Gasteiger partial charge in [-0.25, -0.2) is 9.97 Å². The standard InChI is InChI=1S/C13H22N4/c1-5-11-15-12(14-4)9(3)13(16-11)17(6-2)10-7-8-10/h10H,5-8H2,1-4H3,(H,14,15,16). The molecule has 1 heterocycles. The average molecular weight is 234 g/mol. The monoisotopic (exact) mass is 234 g/mol. The number of anilines is 2. The van der Waals surface area contributed by atoms with Crippen molar-refractivity contribution in [3.8, 4) is 0 Å². The topological polar surface area (TPSA) is 41.1 Å². The van der Waals surface area contributed by atoms with Crippen LogP contribution in [0.4, 0.5) is 11.6 Å². The van der Waals surface area contributed by atoms with E-state index in [-0.39, 0.29) is 0 Å². The van der Waals surface area contributed by atoms with Crippen molar-refractivity contribution in [3.05, 3.63) is 11.4 Å². The lowest BCUT2D eigenvalue weighted by Crippen LogP contribution is -2.27. The third-order valence-corrected chi connectivity index (χ3v) is 3.32. The van der Waals surface area contributed by atoms with E-state index in [9.17, 15) is 0 Å². The first-order chi connectivity index (χ1) is 8.21. The molecule has 1 aliphatic carbocycles. The Morgan fingerprint density at radius 2 is 2.00 bits per heavy atom. The predicted molar refractivity (Wildman–Crippen MR) is 71.7 cm³/mol. The molecule has 1 aromatic rings. The molecule has 1 aliphatic rings. The second-order valence-electron chi connectivity index (χ2n) is 4.56. The highest BCUT2D eigenvalue weighted by Crippen LogP contribution is 2.33. The summed E-state index contributed by atoms with van der Waals surface area (Å²) >= 11 is 0. The van der Waals surface area contributed by atoms with Crippen molar-refractivity contribution < 1.29 is 0 Å². The molecule has 94 valence electrons. The number of hydrogen-bond acceptors (Lipinski definition) is 4. The van der Waals surface area contributed by atoms with Crippen molar-refractivity contribution >= 4 is 11.6 Å². The van der Waals surface area contributed by atoms with Gasteiger partial charge < -0.3 is 10.2 Å². The van der Waals surface area contributed by atoms with Crippen molar-refractivity contribution in [1.29, 1.82) is 0 Å². The van der Waals surface area contributed by atoms with Crippen molar-refractivity contribution in [1.82, 2.24) is 9.97 Å². The minimum atomic E-state index is 0.697. The molecule has 0 radical (unpaired) electrons. The summed E-state index contributed by atoms with van der Waals surface area (Å²) in [5.74, 6) is 3.01. The molecule has 1 fully saturated rings. The largest absolute Gasteiger partial charge is 0.373 e. The van der Waals surface area contributed by atoms with Crippen LogP contribution in [0, 0.1) is 6.92 Å². The number of aromatic nitrogens is 2. The Labute approximate surface area is 103 Å². The molecule has 0 spiro atoms. The van der Waals surface area contributed by atoms with E-state index in [1.165, 1.54) is 18.4 Å². The highest BCUT2D eigenvalue weighted by Gasteiger charge is 2.30. The summed E-state index contributed by atoms with van der Waals surface area (Å²) < 4.78 is 0. The molecule has 0 amide bonds. The van der Waals surface area contributed by atoms with Gasteiger partial charge in [-0.05, 0) is 26.7 Å². The number of hydrogen-bond donors (Lipinski definition) is 1. The van der Waals surface area contributed by atoms with E-state index >= 15 is 0 Å². The predicted octanol–water partition coefficient (Wildman–Crippen LogP) is 2.38. The van der Waals surface area contributed by atoms with Crippen LogP contribution < -0.4 is 10.2 Å². The van der Waals surface area contributed by atoms with E-state index in [1.54, 1.807) is 0 Å². The Hall–Kier alpha value is -1.32. The van der Waals surface area contributed by atoms with Crippen LogP contribution in [0.15, 0.2) is 0 Å². The van der Waals surface area contributed by atoms with Crippen LogP contribution in [0.5, 0.6) is 0 Å². The molecule has 4 nitrogen and oxygen atoms in total. The van der Waals surface area contributed by atoms with Gasteiger partial charge in [-0.3, -0.25) is 0 Å². The van der Waals surface area contributed by atoms with Crippen LogP contribution in [0.2, 0.25) is 0 Å². The second-order valence-corrected chi connectivity index (χ2v) is 4.56. The van der Waals surface area contributed by atoms with E-state index in [0.717, 1.165) is 30.4 Å². The summed E-state index contributed by atoms with van der Waals surface area (Å²) in [6, 6.07) is 0.697. The number of nitrogens with zero attached hydrogens (tertiary/aromatic N) is 3. The van der Waals surface area contributed by atoms with Gasteiger partial charge in [-0.2, -0.15) is 0 Å². The molecule has 0 atom stereocenters. The van der Waals surface area contributed by atoms with Gasteiger partial charge in [0.2, 0.25) is 0 Å². The highest BCUT2D eigenvalue weighted by atomic mass is 15.2. The molecule has 17 heavy (non-hydrogen) atoms. The number of nitrogens with one attached hydrogen (secondary N) is 1. The van der Waals surface area contributed by atoms with Crippen LogP contribution in [0.3, 0.4) is 0 Å². The fourth-order valence-corrected chi connectivity index (χ4v) is 2.20. The minimum absolute atomic E-state index is 0.697. The van der Waals surface area contributed by atoms with Crippen LogP contribution in [-0.4, -0.2) is 29.6 Å². The number of aryl methyl sites for hydroxylation is 1. The zero-order valence-corrected chi connectivity index (χ0v) is 11.2. The fraction of sp³-hybridized carbons (Fsp3) is 0.692. The van der Waals surface area contributed by atoms with Crippen LogP contribution in [-0.2, 0) is 6.42 Å². The molecule has 1 saturated carbocycles. The fourth-order valence-electron chi connectivity index (χ4n) is 2.20. The van der Waals surface area contributed by atoms with Crippen LogP contribution >= 0.6 is 0 Å². The maximum atomic E-state index is 4.71. The Morgan fingerprint density at radius 3 is 2.47 bits per heavy atom. The summed E-state index contributed by atoms with van der Waals surface area (Å²) in [4.78, 5) is 11.6. The van der Waals surface area contributed by atoms with Gasteiger partial charge in [0.25, 0.3) is 0 Å². The third-order valence-electron chi connectivity index (χ3n) is 3.32. The summed E-state index contributed by atoms with van der Waals surface area (Å²) in [7, 11) is 1.92. The van der Waals surface area contributed by atoms with Crippen molar-refractivity contribution in [2.24, 2.45) is 0 Å². The summed E-state index contributed by atoms with van der Waals surface area (Å²) in [6.45, 7) is 7.42. The zero-order valence-electron chi connectivity index (χ0n) is 11.2. The van der Waals surface area contributed by atoms with Gasteiger partial charge in [0.1, 0.15) is 17.5 Å². The van der Waals surface area contributed by atoms with Gasteiger partial charge in [0, 0.05) is 31.6 Å². The van der Waals surface area contributed by atoms with Gasteiger partial charge in [0.05, 0.1) is 0 Å². The lowest BCUT2D eigenvalue weighted by atomic mass is 10.2. The van der Waals surface area contributed by atoms with Gasteiger partial charge >= 0.3 is 0 Å². The molecule has 0 aliphatic heterocycles. The SMILES string of the molecule is CCc1nc(NC)c(C)c(N(CC)C2CC2)n1. The van der Waals surface area contributed by atoms with Crippen LogP contribution in [0.1, 0.15) is 38.1 Å². The zero-order chi connectivity index (χ0) is 12.4. The summed E-state index contributed by atoms with van der Waals surface area (Å²) in [6.07, 6.45) is 3.48. The van der Waals surface area contributed by atoms with Crippen molar-refractivity contribution in [2.45, 2.75) is 46.1 Å². The molecule has 1 N–H and O–H groups in total. The highest BCUT2D eigenvalue weighted by molar-refractivity contribution is 5.59. The van der Waals surface area contributed by atoms with Gasteiger partial charge in [-0.15, -0.1) is 0 Å². The van der Waals surface area contributed by atoms with E-state index < -0.39 is 0 Å². The summed E-state index contributed by atoms with van der Waals surface area (Å²) in [5.41, 5.74) is 1.17. The van der Waals surface area contributed by atoms with Crippen LogP contribution in [0.25, 0.3) is 0 Å². The van der Waals surface area contributed by atoms with Gasteiger partial charge in [-0.1, -0.05) is 6.92 Å². The third kappa shape index (κ3) is 2.35. The second kappa shape index (κ2) is 4.90. The van der Waals surface area contributed by atoms with Crippen molar-refractivity contribution in [2.75, 3.05) is 23.8 Å².